The molecule has 1 heteroatoms. The first kappa shape index (κ1) is 10.2. The minimum atomic E-state index is 0.0490. The Morgan fingerprint density at radius 3 is 2.55 bits per heavy atom. The Hall–Kier alpha value is -0.770. The van der Waals surface area contributed by atoms with Gasteiger partial charge in [-0.1, -0.05) is 33.1 Å². The zero-order chi connectivity index (χ0) is 8.69. The van der Waals surface area contributed by atoms with Crippen LogP contribution in [0.25, 0.3) is 0 Å². The van der Waals surface area contributed by atoms with Gasteiger partial charge in [-0.15, -0.1) is 0 Å². The van der Waals surface area contributed by atoms with Crippen molar-refractivity contribution in [2.45, 2.75) is 40.0 Å². The van der Waals surface area contributed by atoms with Crippen LogP contribution in [0.5, 0.6) is 0 Å². The Kier molecular flexibility index (Phi) is 5.56. The van der Waals surface area contributed by atoms with E-state index in [1.165, 1.54) is 0 Å². The van der Waals surface area contributed by atoms with Crippen LogP contribution in [0.4, 0.5) is 0 Å². The van der Waals surface area contributed by atoms with Crippen molar-refractivity contribution in [3.8, 4) is 11.8 Å². The standard InChI is InChI=1S/C10H16O/c1-4-6-9(3)7-8-10(11)5-2/h9H,4-6H2,1-3H3. The molecular formula is C10H16O. The largest absolute Gasteiger partial charge is 0.285 e. The molecule has 0 fully saturated rings. The second kappa shape index (κ2) is 5.97. The highest BCUT2D eigenvalue weighted by molar-refractivity contribution is 5.95. The molecule has 1 atom stereocenters. The lowest BCUT2D eigenvalue weighted by molar-refractivity contribution is -0.113. The maximum absolute atomic E-state index is 10.7. The van der Waals surface area contributed by atoms with Crippen LogP contribution in [0.2, 0.25) is 0 Å². The third-order valence-electron chi connectivity index (χ3n) is 1.50. The molecule has 0 saturated heterocycles. The van der Waals surface area contributed by atoms with Crippen molar-refractivity contribution in [3.63, 3.8) is 0 Å². The lowest BCUT2D eigenvalue weighted by atomic mass is 10.1. The van der Waals surface area contributed by atoms with Crippen LogP contribution in [0.3, 0.4) is 0 Å². The van der Waals surface area contributed by atoms with E-state index in [1.807, 2.05) is 6.92 Å². The van der Waals surface area contributed by atoms with Crippen molar-refractivity contribution in [3.05, 3.63) is 0 Å². The van der Waals surface area contributed by atoms with Crippen LogP contribution < -0.4 is 0 Å². The molecule has 62 valence electrons. The van der Waals surface area contributed by atoms with Crippen LogP contribution in [0, 0.1) is 17.8 Å². The van der Waals surface area contributed by atoms with Gasteiger partial charge in [-0.05, 0) is 12.3 Å². The molecule has 0 heterocycles. The highest BCUT2D eigenvalue weighted by Gasteiger charge is 1.94. The summed E-state index contributed by atoms with van der Waals surface area (Å²) in [4.78, 5) is 10.7. The summed E-state index contributed by atoms with van der Waals surface area (Å²) in [6.45, 7) is 6.01. The van der Waals surface area contributed by atoms with Crippen LogP contribution in [0.15, 0.2) is 0 Å². The molecule has 0 radical (unpaired) electrons. The summed E-state index contributed by atoms with van der Waals surface area (Å²) in [5.41, 5.74) is 0. The first-order valence-corrected chi connectivity index (χ1v) is 4.25. The summed E-state index contributed by atoms with van der Waals surface area (Å²) in [5, 5.41) is 0. The number of hydrogen-bond acceptors (Lipinski definition) is 1. The van der Waals surface area contributed by atoms with Crippen LogP contribution in [-0.2, 0) is 4.79 Å². The van der Waals surface area contributed by atoms with Gasteiger partial charge in [0.2, 0.25) is 5.78 Å². The number of carbonyl (C=O) groups is 1. The van der Waals surface area contributed by atoms with Crippen molar-refractivity contribution in [1.82, 2.24) is 0 Å². The lowest BCUT2D eigenvalue weighted by Crippen LogP contribution is -1.92. The van der Waals surface area contributed by atoms with Gasteiger partial charge in [0, 0.05) is 12.3 Å². The van der Waals surface area contributed by atoms with Crippen LogP contribution in [0.1, 0.15) is 40.0 Å². The summed E-state index contributed by atoms with van der Waals surface area (Å²) in [7, 11) is 0. The van der Waals surface area contributed by atoms with E-state index in [9.17, 15) is 4.79 Å². The number of rotatable bonds is 3. The summed E-state index contributed by atoms with van der Waals surface area (Å²) in [6, 6.07) is 0. The minimum absolute atomic E-state index is 0.0490. The lowest BCUT2D eigenvalue weighted by Gasteiger charge is -1.97. The number of carbonyl (C=O) groups excluding carboxylic acids is 1. The second-order valence-corrected chi connectivity index (χ2v) is 2.74. The Morgan fingerprint density at radius 2 is 2.09 bits per heavy atom. The molecule has 0 saturated carbocycles. The number of hydrogen-bond donors (Lipinski definition) is 0. The summed E-state index contributed by atoms with van der Waals surface area (Å²) in [6.07, 6.45) is 2.76. The Morgan fingerprint density at radius 1 is 1.45 bits per heavy atom. The number of ketones is 1. The summed E-state index contributed by atoms with van der Waals surface area (Å²) >= 11 is 0. The number of Topliss-reactive ketones (excluding diaryl/α,β-unsaturated/α-hetero) is 1. The van der Waals surface area contributed by atoms with Crippen molar-refractivity contribution >= 4 is 5.78 Å². The van der Waals surface area contributed by atoms with Gasteiger partial charge in [-0.3, -0.25) is 4.79 Å². The first-order chi connectivity index (χ1) is 5.20. The van der Waals surface area contributed by atoms with Gasteiger partial charge < -0.3 is 0 Å². The molecule has 0 aliphatic heterocycles. The average Bonchev–Trinajstić information content (AvgIpc) is 2.01. The topological polar surface area (TPSA) is 17.1 Å². The molecule has 0 N–H and O–H groups in total. The molecule has 0 aliphatic rings. The van der Waals surface area contributed by atoms with Gasteiger partial charge in [0.1, 0.15) is 0 Å². The van der Waals surface area contributed by atoms with Gasteiger partial charge >= 0.3 is 0 Å². The molecule has 0 amide bonds. The van der Waals surface area contributed by atoms with E-state index in [0.717, 1.165) is 12.8 Å². The van der Waals surface area contributed by atoms with Gasteiger partial charge in [-0.25, -0.2) is 0 Å². The van der Waals surface area contributed by atoms with Gasteiger partial charge in [-0.2, -0.15) is 0 Å². The molecule has 0 aromatic heterocycles. The first-order valence-electron chi connectivity index (χ1n) is 4.25. The second-order valence-electron chi connectivity index (χ2n) is 2.74. The van der Waals surface area contributed by atoms with Crippen molar-refractivity contribution in [1.29, 1.82) is 0 Å². The molecule has 0 aliphatic carbocycles. The molecule has 11 heavy (non-hydrogen) atoms. The van der Waals surface area contributed by atoms with Crippen molar-refractivity contribution < 1.29 is 4.79 Å². The minimum Gasteiger partial charge on any atom is -0.285 e. The van der Waals surface area contributed by atoms with E-state index in [1.54, 1.807) is 0 Å². The maximum atomic E-state index is 10.7. The fourth-order valence-electron chi connectivity index (χ4n) is 0.797. The smallest absolute Gasteiger partial charge is 0.205 e. The molecule has 0 bridgehead atoms. The maximum Gasteiger partial charge on any atom is 0.205 e. The quantitative estimate of drug-likeness (QED) is 0.448. The third kappa shape index (κ3) is 5.66. The average molecular weight is 152 g/mol. The third-order valence-corrected chi connectivity index (χ3v) is 1.50. The Balaban J connectivity index is 3.76. The predicted molar refractivity (Wildman–Crippen MR) is 47.1 cm³/mol. The van der Waals surface area contributed by atoms with E-state index in [4.69, 9.17) is 0 Å². The van der Waals surface area contributed by atoms with Gasteiger partial charge in [0.05, 0.1) is 0 Å². The Bertz CT molecular complexity index is 171. The highest BCUT2D eigenvalue weighted by atomic mass is 16.1. The predicted octanol–water partition coefficient (Wildman–Crippen LogP) is 2.41. The van der Waals surface area contributed by atoms with Crippen LogP contribution >= 0.6 is 0 Å². The van der Waals surface area contributed by atoms with E-state index in [-0.39, 0.29) is 5.78 Å². The van der Waals surface area contributed by atoms with E-state index < -0.39 is 0 Å². The Labute approximate surface area is 69.2 Å². The van der Waals surface area contributed by atoms with E-state index >= 15 is 0 Å². The molecule has 1 nitrogen and oxygen atoms in total. The molecule has 0 aromatic carbocycles. The van der Waals surface area contributed by atoms with Crippen LogP contribution in [-0.4, -0.2) is 5.78 Å². The fourth-order valence-corrected chi connectivity index (χ4v) is 0.797. The molecule has 1 unspecified atom stereocenters. The van der Waals surface area contributed by atoms with Crippen molar-refractivity contribution in [2.75, 3.05) is 0 Å². The van der Waals surface area contributed by atoms with Gasteiger partial charge in [0.15, 0.2) is 0 Å². The summed E-state index contributed by atoms with van der Waals surface area (Å²) < 4.78 is 0. The monoisotopic (exact) mass is 152 g/mol. The normalized spacial score (nSPS) is 11.5. The molecule has 0 rings (SSSR count). The highest BCUT2D eigenvalue weighted by Crippen LogP contribution is 2.01. The zero-order valence-electron chi connectivity index (χ0n) is 7.61. The van der Waals surface area contributed by atoms with E-state index in [2.05, 4.69) is 25.7 Å². The molecular weight excluding hydrogens is 136 g/mol. The molecule has 0 spiro atoms. The zero-order valence-corrected chi connectivity index (χ0v) is 7.61. The van der Waals surface area contributed by atoms with E-state index in [0.29, 0.717) is 12.3 Å². The summed E-state index contributed by atoms with van der Waals surface area (Å²) in [5.74, 6) is 5.98. The SMILES string of the molecule is CCCC(C)C#CC(=O)CC. The van der Waals surface area contributed by atoms with Gasteiger partial charge in [0.25, 0.3) is 0 Å². The fraction of sp³-hybridized carbons (Fsp3) is 0.700. The molecule has 0 aromatic rings. The van der Waals surface area contributed by atoms with Crippen molar-refractivity contribution in [2.24, 2.45) is 5.92 Å².